The molecule has 5 heteroatoms. The summed E-state index contributed by atoms with van der Waals surface area (Å²) < 4.78 is 6.00. The smallest absolute Gasteiger partial charge is 0.270 e. The number of aromatic amines is 1. The number of fused-ring (bicyclic) bond motifs is 1. The second-order valence-electron chi connectivity index (χ2n) is 6.46. The van der Waals surface area contributed by atoms with E-state index in [1.54, 1.807) is 6.20 Å². The number of amides is 1. The van der Waals surface area contributed by atoms with Crippen molar-refractivity contribution in [3.8, 4) is 0 Å². The summed E-state index contributed by atoms with van der Waals surface area (Å²) in [7, 11) is 0. The van der Waals surface area contributed by atoms with Gasteiger partial charge in [0.2, 0.25) is 0 Å². The minimum atomic E-state index is 0.0471. The summed E-state index contributed by atoms with van der Waals surface area (Å²) in [5.41, 5.74) is 2.70. The summed E-state index contributed by atoms with van der Waals surface area (Å²) >= 11 is 0. The molecule has 0 radical (unpaired) electrons. The van der Waals surface area contributed by atoms with Gasteiger partial charge in [-0.3, -0.25) is 9.78 Å². The van der Waals surface area contributed by atoms with Gasteiger partial charge in [-0.25, -0.2) is 0 Å². The Morgan fingerprint density at radius 2 is 2.20 bits per heavy atom. The maximum atomic E-state index is 12.8. The molecule has 2 aromatic heterocycles. The lowest BCUT2D eigenvalue weighted by Gasteiger charge is -2.32. The summed E-state index contributed by atoms with van der Waals surface area (Å²) in [6.07, 6.45) is 5.59. The topological polar surface area (TPSA) is 58.2 Å². The van der Waals surface area contributed by atoms with Crippen LogP contribution in [0.4, 0.5) is 0 Å². The number of hydrogen-bond donors (Lipinski definition) is 1. The number of nitrogens with one attached hydrogen (secondary N) is 1. The van der Waals surface area contributed by atoms with Crippen LogP contribution in [0.5, 0.6) is 0 Å². The molecule has 1 aromatic carbocycles. The van der Waals surface area contributed by atoms with E-state index in [9.17, 15) is 4.79 Å². The maximum Gasteiger partial charge on any atom is 0.270 e. The van der Waals surface area contributed by atoms with Crippen molar-refractivity contribution in [1.29, 1.82) is 0 Å². The van der Waals surface area contributed by atoms with Crippen molar-refractivity contribution in [3.05, 3.63) is 66.1 Å². The average Bonchev–Trinajstić information content (AvgIpc) is 3.11. The third kappa shape index (κ3) is 3.56. The molecule has 4 rings (SSSR count). The van der Waals surface area contributed by atoms with Gasteiger partial charge in [-0.1, -0.05) is 24.3 Å². The van der Waals surface area contributed by atoms with Gasteiger partial charge in [-0.15, -0.1) is 0 Å². The number of likely N-dealkylation sites (tertiary alicyclic amines) is 1. The van der Waals surface area contributed by atoms with Crippen molar-refractivity contribution in [2.24, 2.45) is 0 Å². The zero-order chi connectivity index (χ0) is 17.1. The third-order valence-corrected chi connectivity index (χ3v) is 4.63. The third-order valence-electron chi connectivity index (χ3n) is 4.63. The lowest BCUT2D eigenvalue weighted by Crippen LogP contribution is -2.43. The van der Waals surface area contributed by atoms with Gasteiger partial charge in [0.1, 0.15) is 5.69 Å². The van der Waals surface area contributed by atoms with Gasteiger partial charge in [-0.2, -0.15) is 0 Å². The second kappa shape index (κ2) is 7.07. The number of carbonyl (C=O) groups excluding carboxylic acids is 1. The van der Waals surface area contributed by atoms with Crippen molar-refractivity contribution in [3.63, 3.8) is 0 Å². The summed E-state index contributed by atoms with van der Waals surface area (Å²) in [5.74, 6) is 0.0471. The minimum absolute atomic E-state index is 0.0471. The molecule has 1 fully saturated rings. The van der Waals surface area contributed by atoms with Gasteiger partial charge >= 0.3 is 0 Å². The number of nitrogens with zero attached hydrogens (tertiary/aromatic N) is 2. The van der Waals surface area contributed by atoms with Gasteiger partial charge in [0.05, 0.1) is 12.7 Å². The number of H-pyrrole nitrogens is 1. The van der Waals surface area contributed by atoms with Crippen molar-refractivity contribution < 1.29 is 9.53 Å². The number of aromatic nitrogens is 2. The van der Waals surface area contributed by atoms with Crippen LogP contribution < -0.4 is 0 Å². The van der Waals surface area contributed by atoms with Gasteiger partial charge in [-0.05, 0) is 36.6 Å². The lowest BCUT2D eigenvalue weighted by molar-refractivity contribution is -0.00694. The number of carbonyl (C=O) groups is 1. The van der Waals surface area contributed by atoms with Gasteiger partial charge in [0.15, 0.2) is 0 Å². The summed E-state index contributed by atoms with van der Waals surface area (Å²) in [6.45, 7) is 1.95. The highest BCUT2D eigenvalue weighted by Crippen LogP contribution is 2.20. The monoisotopic (exact) mass is 335 g/mol. The molecule has 0 unspecified atom stereocenters. The molecule has 1 aliphatic heterocycles. The molecule has 1 atom stereocenters. The van der Waals surface area contributed by atoms with E-state index < -0.39 is 0 Å². The van der Waals surface area contributed by atoms with E-state index in [-0.39, 0.29) is 12.0 Å². The van der Waals surface area contributed by atoms with E-state index in [2.05, 4.69) is 9.97 Å². The zero-order valence-electron chi connectivity index (χ0n) is 14.0. The van der Waals surface area contributed by atoms with E-state index in [0.717, 1.165) is 35.9 Å². The Balaban J connectivity index is 1.40. The molecule has 1 aliphatic rings. The van der Waals surface area contributed by atoms with Crippen LogP contribution in [0.1, 0.15) is 28.9 Å². The van der Waals surface area contributed by atoms with E-state index >= 15 is 0 Å². The first-order chi connectivity index (χ1) is 12.3. The molecule has 0 saturated carbocycles. The molecule has 5 nitrogen and oxygen atoms in total. The Morgan fingerprint density at radius 3 is 3.04 bits per heavy atom. The molecular formula is C20H21N3O2. The summed E-state index contributed by atoms with van der Waals surface area (Å²) in [4.78, 5) is 22.0. The quantitative estimate of drug-likeness (QED) is 0.795. The van der Waals surface area contributed by atoms with Crippen LogP contribution in [0.15, 0.2) is 54.9 Å². The van der Waals surface area contributed by atoms with Crippen molar-refractivity contribution in [2.45, 2.75) is 25.6 Å². The van der Waals surface area contributed by atoms with Crippen LogP contribution in [-0.4, -0.2) is 40.0 Å². The van der Waals surface area contributed by atoms with Gasteiger partial charge in [0.25, 0.3) is 5.91 Å². The Bertz CT molecular complexity index is 827. The standard InChI is InChI=1S/C20H21N3O2/c24-20(19-11-16-6-1-2-8-18(16)22-19)23-10-4-7-17(13-23)25-14-15-5-3-9-21-12-15/h1-3,5-6,8-9,11-12,17,22H,4,7,10,13-14H2/t17-/m0/s1. The first-order valence-corrected chi connectivity index (χ1v) is 8.67. The van der Waals surface area contributed by atoms with Gasteiger partial charge < -0.3 is 14.6 Å². The van der Waals surface area contributed by atoms with E-state index in [0.29, 0.717) is 18.8 Å². The Morgan fingerprint density at radius 1 is 1.28 bits per heavy atom. The second-order valence-corrected chi connectivity index (χ2v) is 6.46. The Labute approximate surface area is 146 Å². The summed E-state index contributed by atoms with van der Waals surface area (Å²) in [6, 6.07) is 13.8. The van der Waals surface area contributed by atoms with Crippen molar-refractivity contribution in [2.75, 3.05) is 13.1 Å². The highest BCUT2D eigenvalue weighted by molar-refractivity contribution is 5.98. The molecule has 3 heterocycles. The fraction of sp³-hybridized carbons (Fsp3) is 0.300. The zero-order valence-corrected chi connectivity index (χ0v) is 14.0. The molecule has 1 N–H and O–H groups in total. The first-order valence-electron chi connectivity index (χ1n) is 8.67. The molecule has 0 aliphatic carbocycles. The van der Waals surface area contributed by atoms with Gasteiger partial charge in [0, 0.05) is 36.4 Å². The number of pyridine rings is 1. The minimum Gasteiger partial charge on any atom is -0.372 e. The number of benzene rings is 1. The SMILES string of the molecule is O=C(c1cc2ccccc2[nH]1)N1CCC[C@H](OCc2cccnc2)C1. The molecule has 1 amide bonds. The number of para-hydroxylation sites is 1. The number of hydrogen-bond acceptors (Lipinski definition) is 3. The molecule has 3 aromatic rings. The van der Waals surface area contributed by atoms with Crippen molar-refractivity contribution >= 4 is 16.8 Å². The Hall–Kier alpha value is -2.66. The molecule has 128 valence electrons. The van der Waals surface area contributed by atoms with Crippen LogP contribution in [0.25, 0.3) is 10.9 Å². The summed E-state index contributed by atoms with van der Waals surface area (Å²) in [5, 5.41) is 1.06. The molecule has 1 saturated heterocycles. The van der Waals surface area contributed by atoms with Crippen LogP contribution in [-0.2, 0) is 11.3 Å². The molecular weight excluding hydrogens is 314 g/mol. The first kappa shape index (κ1) is 15.8. The average molecular weight is 335 g/mol. The number of ether oxygens (including phenoxy) is 1. The normalized spacial score (nSPS) is 17.8. The lowest BCUT2D eigenvalue weighted by atomic mass is 10.1. The van der Waals surface area contributed by atoms with E-state index in [1.165, 1.54) is 0 Å². The number of piperidine rings is 1. The fourth-order valence-electron chi connectivity index (χ4n) is 3.32. The number of rotatable bonds is 4. The van der Waals surface area contributed by atoms with E-state index in [4.69, 9.17) is 4.74 Å². The molecule has 25 heavy (non-hydrogen) atoms. The highest BCUT2D eigenvalue weighted by Gasteiger charge is 2.25. The molecule has 0 bridgehead atoms. The van der Waals surface area contributed by atoms with Crippen LogP contribution in [0.3, 0.4) is 0 Å². The van der Waals surface area contributed by atoms with Crippen molar-refractivity contribution in [1.82, 2.24) is 14.9 Å². The predicted octanol–water partition coefficient (Wildman–Crippen LogP) is 3.38. The van der Waals surface area contributed by atoms with E-state index in [1.807, 2.05) is 53.6 Å². The maximum absolute atomic E-state index is 12.8. The van der Waals surface area contributed by atoms with Crippen LogP contribution >= 0.6 is 0 Å². The highest BCUT2D eigenvalue weighted by atomic mass is 16.5. The molecule has 0 spiro atoms. The fourth-order valence-corrected chi connectivity index (χ4v) is 3.32. The Kier molecular flexibility index (Phi) is 4.48. The van der Waals surface area contributed by atoms with Crippen LogP contribution in [0, 0.1) is 0 Å². The van der Waals surface area contributed by atoms with Crippen LogP contribution in [0.2, 0.25) is 0 Å². The largest absolute Gasteiger partial charge is 0.372 e. The predicted molar refractivity (Wildman–Crippen MR) is 96.3 cm³/mol.